The molecule has 0 heterocycles. The van der Waals surface area contributed by atoms with Crippen molar-refractivity contribution in [2.75, 3.05) is 13.7 Å². The van der Waals surface area contributed by atoms with Crippen molar-refractivity contribution >= 4 is 5.84 Å². The maximum absolute atomic E-state index is 8.72. The molecular formula is C15H23N3O2. The monoisotopic (exact) mass is 277 g/mol. The Hall–Kier alpha value is -1.75. The van der Waals surface area contributed by atoms with E-state index in [9.17, 15) is 0 Å². The molecule has 5 nitrogen and oxygen atoms in total. The van der Waals surface area contributed by atoms with Gasteiger partial charge >= 0.3 is 0 Å². The number of benzene rings is 1. The first-order chi connectivity index (χ1) is 9.74. The van der Waals surface area contributed by atoms with E-state index in [2.05, 4.69) is 10.5 Å². The van der Waals surface area contributed by atoms with Crippen LogP contribution in [0.4, 0.5) is 0 Å². The van der Waals surface area contributed by atoms with Gasteiger partial charge in [-0.2, -0.15) is 0 Å². The lowest BCUT2D eigenvalue weighted by atomic mass is 10.1. The summed E-state index contributed by atoms with van der Waals surface area (Å²) in [5.41, 5.74) is 7.33. The maximum atomic E-state index is 8.72. The van der Waals surface area contributed by atoms with Crippen molar-refractivity contribution in [1.82, 2.24) is 5.32 Å². The van der Waals surface area contributed by atoms with Crippen LogP contribution in [-0.4, -0.2) is 24.7 Å². The number of amidine groups is 1. The molecule has 110 valence electrons. The molecule has 2 rings (SSSR count). The lowest BCUT2D eigenvalue weighted by Gasteiger charge is -2.10. The molecule has 1 saturated carbocycles. The third kappa shape index (κ3) is 4.13. The van der Waals surface area contributed by atoms with Gasteiger partial charge in [-0.3, -0.25) is 0 Å². The van der Waals surface area contributed by atoms with E-state index < -0.39 is 0 Å². The van der Waals surface area contributed by atoms with Crippen LogP contribution < -0.4 is 15.8 Å². The molecule has 1 fully saturated rings. The summed E-state index contributed by atoms with van der Waals surface area (Å²) in [4.78, 5) is 0. The van der Waals surface area contributed by atoms with Crippen LogP contribution in [0, 0.1) is 5.92 Å². The molecule has 0 atom stereocenters. The lowest BCUT2D eigenvalue weighted by molar-refractivity contribution is 0.318. The van der Waals surface area contributed by atoms with Crippen LogP contribution in [0.2, 0.25) is 0 Å². The highest BCUT2D eigenvalue weighted by molar-refractivity contribution is 5.99. The molecule has 4 N–H and O–H groups in total. The molecule has 1 aliphatic carbocycles. The molecule has 1 aliphatic rings. The number of nitrogens with zero attached hydrogens (tertiary/aromatic N) is 1. The number of nitrogens with two attached hydrogens (primary N) is 1. The highest BCUT2D eigenvalue weighted by atomic mass is 16.5. The van der Waals surface area contributed by atoms with Crippen molar-refractivity contribution in [3.63, 3.8) is 0 Å². The summed E-state index contributed by atoms with van der Waals surface area (Å²) in [6.07, 6.45) is 5.43. The summed E-state index contributed by atoms with van der Waals surface area (Å²) >= 11 is 0. The first-order valence-corrected chi connectivity index (χ1v) is 7.10. The van der Waals surface area contributed by atoms with Crippen molar-refractivity contribution < 1.29 is 9.94 Å². The fourth-order valence-corrected chi connectivity index (χ4v) is 2.27. The van der Waals surface area contributed by atoms with Gasteiger partial charge in [0.15, 0.2) is 5.84 Å². The molecule has 0 radical (unpaired) electrons. The van der Waals surface area contributed by atoms with Gasteiger partial charge in [0.2, 0.25) is 0 Å². The minimum Gasteiger partial charge on any atom is -0.496 e. The van der Waals surface area contributed by atoms with E-state index in [0.717, 1.165) is 24.6 Å². The van der Waals surface area contributed by atoms with Crippen LogP contribution >= 0.6 is 0 Å². The Kier molecular flexibility index (Phi) is 5.24. The zero-order valence-corrected chi connectivity index (χ0v) is 11.9. The summed E-state index contributed by atoms with van der Waals surface area (Å²) < 4.78 is 5.28. The number of ether oxygens (including phenoxy) is 1. The first kappa shape index (κ1) is 14.7. The molecule has 1 aromatic carbocycles. The van der Waals surface area contributed by atoms with Crippen LogP contribution in [0.3, 0.4) is 0 Å². The van der Waals surface area contributed by atoms with Crippen LogP contribution in [0.1, 0.15) is 36.8 Å². The highest BCUT2D eigenvalue weighted by Crippen LogP contribution is 2.33. The average Bonchev–Trinajstić information content (AvgIpc) is 3.30. The Labute approximate surface area is 119 Å². The molecule has 0 saturated heterocycles. The van der Waals surface area contributed by atoms with Crippen LogP contribution in [0.25, 0.3) is 0 Å². The van der Waals surface area contributed by atoms with E-state index in [4.69, 9.17) is 15.7 Å². The van der Waals surface area contributed by atoms with E-state index >= 15 is 0 Å². The third-order valence-electron chi connectivity index (χ3n) is 3.64. The van der Waals surface area contributed by atoms with Gasteiger partial charge in [0.1, 0.15) is 5.75 Å². The van der Waals surface area contributed by atoms with Crippen molar-refractivity contribution in [1.29, 1.82) is 0 Å². The molecule has 20 heavy (non-hydrogen) atoms. The fraction of sp³-hybridized carbons (Fsp3) is 0.533. The zero-order chi connectivity index (χ0) is 14.4. The molecule has 0 bridgehead atoms. The quantitative estimate of drug-likeness (QED) is 0.223. The molecular weight excluding hydrogens is 254 g/mol. The van der Waals surface area contributed by atoms with Gasteiger partial charge in [-0.05, 0) is 43.0 Å². The minimum absolute atomic E-state index is 0.0609. The predicted molar refractivity (Wildman–Crippen MR) is 79.2 cm³/mol. The number of oxime groups is 1. The largest absolute Gasteiger partial charge is 0.496 e. The normalized spacial score (nSPS) is 15.3. The van der Waals surface area contributed by atoms with Gasteiger partial charge in [0.05, 0.1) is 12.7 Å². The number of methoxy groups -OCH3 is 1. The Balaban J connectivity index is 1.84. The summed E-state index contributed by atoms with van der Waals surface area (Å²) in [6, 6.07) is 5.69. The molecule has 1 aromatic rings. The Bertz CT molecular complexity index is 470. The van der Waals surface area contributed by atoms with Gasteiger partial charge in [0.25, 0.3) is 0 Å². The van der Waals surface area contributed by atoms with E-state index in [1.165, 1.54) is 25.7 Å². The van der Waals surface area contributed by atoms with Crippen LogP contribution in [0.5, 0.6) is 5.75 Å². The second-order valence-corrected chi connectivity index (χ2v) is 5.28. The molecule has 0 spiro atoms. The molecule has 0 aliphatic heterocycles. The van der Waals surface area contributed by atoms with Crippen LogP contribution in [0.15, 0.2) is 23.4 Å². The van der Waals surface area contributed by atoms with Gasteiger partial charge < -0.3 is 21.0 Å². The fourth-order valence-electron chi connectivity index (χ4n) is 2.27. The van der Waals surface area contributed by atoms with Crippen molar-refractivity contribution in [2.45, 2.75) is 32.2 Å². The summed E-state index contributed by atoms with van der Waals surface area (Å²) in [6.45, 7) is 1.85. The van der Waals surface area contributed by atoms with Gasteiger partial charge in [-0.15, -0.1) is 0 Å². The first-order valence-electron chi connectivity index (χ1n) is 7.10. The van der Waals surface area contributed by atoms with Gasteiger partial charge in [-0.1, -0.05) is 24.1 Å². The number of nitrogens with one attached hydrogen (secondary N) is 1. The molecule has 0 unspecified atom stereocenters. The maximum Gasteiger partial charge on any atom is 0.173 e. The Morgan fingerprint density at radius 3 is 2.95 bits per heavy atom. The number of hydrogen-bond donors (Lipinski definition) is 3. The lowest BCUT2D eigenvalue weighted by Crippen LogP contribution is -2.17. The molecule has 0 aromatic heterocycles. The Morgan fingerprint density at radius 1 is 1.50 bits per heavy atom. The SMILES string of the molecule is COc1cc(CNCCCC2CC2)ccc1/C(N)=N/O. The van der Waals surface area contributed by atoms with E-state index in [1.54, 1.807) is 7.11 Å². The molecule has 0 amide bonds. The smallest absolute Gasteiger partial charge is 0.173 e. The van der Waals surface area contributed by atoms with E-state index in [1.807, 2.05) is 18.2 Å². The van der Waals surface area contributed by atoms with Crippen molar-refractivity contribution in [2.24, 2.45) is 16.8 Å². The number of hydrogen-bond acceptors (Lipinski definition) is 4. The second-order valence-electron chi connectivity index (χ2n) is 5.28. The standard InChI is InChI=1S/C15H23N3O2/c1-20-14-9-12(6-7-13(14)15(16)18-19)10-17-8-2-3-11-4-5-11/h6-7,9,11,17,19H,2-5,8,10H2,1H3,(H2,16,18). The predicted octanol–water partition coefficient (Wildman–Crippen LogP) is 2.07. The van der Waals surface area contributed by atoms with Crippen LogP contribution in [-0.2, 0) is 6.54 Å². The average molecular weight is 277 g/mol. The van der Waals surface area contributed by atoms with Gasteiger partial charge in [0, 0.05) is 6.54 Å². The number of rotatable bonds is 8. The highest BCUT2D eigenvalue weighted by Gasteiger charge is 2.19. The third-order valence-corrected chi connectivity index (χ3v) is 3.64. The van der Waals surface area contributed by atoms with Crippen molar-refractivity contribution in [3.8, 4) is 5.75 Å². The molecule has 5 heteroatoms. The van der Waals surface area contributed by atoms with Crippen molar-refractivity contribution in [3.05, 3.63) is 29.3 Å². The topological polar surface area (TPSA) is 79.9 Å². The summed E-state index contributed by atoms with van der Waals surface area (Å²) in [7, 11) is 1.58. The Morgan fingerprint density at radius 2 is 2.30 bits per heavy atom. The zero-order valence-electron chi connectivity index (χ0n) is 11.9. The second kappa shape index (κ2) is 7.14. The minimum atomic E-state index is 0.0609. The summed E-state index contributed by atoms with van der Waals surface area (Å²) in [5.74, 6) is 1.68. The van der Waals surface area contributed by atoms with Gasteiger partial charge in [-0.25, -0.2) is 0 Å². The summed E-state index contributed by atoms with van der Waals surface area (Å²) in [5, 5.41) is 15.2. The van der Waals surface area contributed by atoms with E-state index in [-0.39, 0.29) is 5.84 Å². The van der Waals surface area contributed by atoms with E-state index in [0.29, 0.717) is 11.3 Å².